The van der Waals surface area contributed by atoms with E-state index >= 15 is 0 Å². The molecule has 5 atom stereocenters. The zero-order valence-electron chi connectivity index (χ0n) is 13.8. The first-order valence-electron chi connectivity index (χ1n) is 8.74. The van der Waals surface area contributed by atoms with Crippen LogP contribution in [0.4, 0.5) is 0 Å². The Balaban J connectivity index is 1.32. The van der Waals surface area contributed by atoms with E-state index in [9.17, 15) is 4.79 Å². The van der Waals surface area contributed by atoms with Crippen molar-refractivity contribution in [2.75, 3.05) is 13.1 Å². The highest BCUT2D eigenvalue weighted by atomic mass is 16.2. The molecule has 2 aliphatic carbocycles. The van der Waals surface area contributed by atoms with Crippen LogP contribution in [-0.2, 0) is 18.3 Å². The molecule has 3 unspecified atom stereocenters. The van der Waals surface area contributed by atoms with Crippen LogP contribution in [0.5, 0.6) is 0 Å². The van der Waals surface area contributed by atoms with Crippen LogP contribution < -0.4 is 5.73 Å². The van der Waals surface area contributed by atoms with Gasteiger partial charge in [-0.05, 0) is 34.9 Å². The second-order valence-corrected chi connectivity index (χ2v) is 7.58. The summed E-state index contributed by atoms with van der Waals surface area (Å²) in [6.07, 6.45) is 4.95. The van der Waals surface area contributed by atoms with Gasteiger partial charge in [-0.1, -0.05) is 24.3 Å². The van der Waals surface area contributed by atoms with Crippen LogP contribution in [0, 0.1) is 11.8 Å². The smallest absolute Gasteiger partial charge is 0.226 e. The molecule has 1 amide bonds. The number of amides is 1. The maximum atomic E-state index is 13.0. The normalized spacial score (nSPS) is 33.4. The van der Waals surface area contributed by atoms with Crippen LogP contribution >= 0.6 is 0 Å². The average molecular weight is 322 g/mol. The second-order valence-electron chi connectivity index (χ2n) is 7.58. The summed E-state index contributed by atoms with van der Waals surface area (Å²) in [4.78, 5) is 15.0. The van der Waals surface area contributed by atoms with Crippen molar-refractivity contribution >= 4 is 5.91 Å². The average Bonchev–Trinajstić information content (AvgIpc) is 2.93. The van der Waals surface area contributed by atoms with Gasteiger partial charge in [0.05, 0.1) is 6.20 Å². The maximum Gasteiger partial charge on any atom is 0.226 e. The van der Waals surface area contributed by atoms with Crippen molar-refractivity contribution in [1.82, 2.24) is 14.7 Å². The van der Waals surface area contributed by atoms with E-state index < -0.39 is 0 Å². The topological polar surface area (TPSA) is 64.2 Å². The van der Waals surface area contributed by atoms with Crippen molar-refractivity contribution in [3.8, 4) is 0 Å². The fourth-order valence-electron chi connectivity index (χ4n) is 4.89. The standard InChI is InChI=1S/C19H22N4O/c1-22-8-12(7-21-22)15-9-23(10-16(15)20)19(24)18-14-6-11-4-2-3-5-13(11)17(14)18/h2-5,7-8,14-18H,6,9-10,20H2,1H3/t14?,15-,16+,17?,18?/m0/s1. The minimum atomic E-state index is 0.00373. The predicted molar refractivity (Wildman–Crippen MR) is 90.4 cm³/mol. The molecule has 124 valence electrons. The Kier molecular flexibility index (Phi) is 2.92. The molecule has 1 saturated heterocycles. The Morgan fingerprint density at radius 2 is 2.12 bits per heavy atom. The molecular formula is C19H22N4O. The predicted octanol–water partition coefficient (Wildman–Crippen LogP) is 1.26. The number of hydrogen-bond donors (Lipinski definition) is 1. The zero-order valence-corrected chi connectivity index (χ0v) is 13.8. The van der Waals surface area contributed by atoms with E-state index in [-0.39, 0.29) is 17.9 Å². The Morgan fingerprint density at radius 3 is 2.92 bits per heavy atom. The van der Waals surface area contributed by atoms with Crippen LogP contribution in [0.25, 0.3) is 0 Å². The summed E-state index contributed by atoms with van der Waals surface area (Å²) in [5.41, 5.74) is 10.3. The monoisotopic (exact) mass is 322 g/mol. The van der Waals surface area contributed by atoms with Crippen LogP contribution in [0.1, 0.15) is 28.5 Å². The van der Waals surface area contributed by atoms with Gasteiger partial charge in [0.1, 0.15) is 0 Å². The first-order valence-corrected chi connectivity index (χ1v) is 8.74. The SMILES string of the molecule is Cn1cc([C@@H]2CN(C(=O)C3C4Cc5ccccc5C43)C[C@H]2N)cn1. The lowest BCUT2D eigenvalue weighted by atomic mass is 9.98. The highest BCUT2D eigenvalue weighted by Crippen LogP contribution is 2.62. The summed E-state index contributed by atoms with van der Waals surface area (Å²) in [7, 11) is 1.91. The number of likely N-dealkylation sites (tertiary alicyclic amines) is 1. The third-order valence-electron chi connectivity index (χ3n) is 6.15. The molecule has 3 aliphatic rings. The lowest BCUT2D eigenvalue weighted by Gasteiger charge is -2.17. The van der Waals surface area contributed by atoms with Crippen molar-refractivity contribution in [3.63, 3.8) is 0 Å². The molecule has 1 aliphatic heterocycles. The highest BCUT2D eigenvalue weighted by molar-refractivity contribution is 5.85. The Morgan fingerprint density at radius 1 is 1.29 bits per heavy atom. The van der Waals surface area contributed by atoms with Gasteiger partial charge in [0, 0.05) is 44.2 Å². The molecule has 5 heteroatoms. The number of nitrogens with zero attached hydrogens (tertiary/aromatic N) is 3. The lowest BCUT2D eigenvalue weighted by molar-refractivity contribution is -0.132. The molecule has 2 fully saturated rings. The molecule has 0 radical (unpaired) electrons. The van der Waals surface area contributed by atoms with Gasteiger partial charge < -0.3 is 10.6 Å². The van der Waals surface area contributed by atoms with Crippen molar-refractivity contribution in [3.05, 3.63) is 53.3 Å². The summed E-state index contributed by atoms with van der Waals surface area (Å²) in [6, 6.07) is 8.59. The minimum Gasteiger partial charge on any atom is -0.340 e. The third-order valence-corrected chi connectivity index (χ3v) is 6.15. The molecule has 1 aromatic carbocycles. The number of aryl methyl sites for hydroxylation is 1. The summed E-state index contributed by atoms with van der Waals surface area (Å²) in [6.45, 7) is 1.39. The molecule has 0 spiro atoms. The third kappa shape index (κ3) is 1.97. The van der Waals surface area contributed by atoms with Gasteiger partial charge in [0.25, 0.3) is 0 Å². The Bertz CT molecular complexity index is 813. The quantitative estimate of drug-likeness (QED) is 0.905. The van der Waals surface area contributed by atoms with E-state index in [0.717, 1.165) is 18.5 Å². The fourth-order valence-corrected chi connectivity index (χ4v) is 4.89. The summed E-state index contributed by atoms with van der Waals surface area (Å²) < 4.78 is 1.80. The number of fused-ring (bicyclic) bond motifs is 3. The largest absolute Gasteiger partial charge is 0.340 e. The number of rotatable bonds is 2. The van der Waals surface area contributed by atoms with Gasteiger partial charge >= 0.3 is 0 Å². The van der Waals surface area contributed by atoms with E-state index in [1.807, 2.05) is 24.3 Å². The Hall–Kier alpha value is -2.14. The van der Waals surface area contributed by atoms with E-state index in [0.29, 0.717) is 24.3 Å². The van der Waals surface area contributed by atoms with Crippen LogP contribution in [0.3, 0.4) is 0 Å². The highest BCUT2D eigenvalue weighted by Gasteiger charge is 2.60. The van der Waals surface area contributed by atoms with E-state index in [4.69, 9.17) is 5.73 Å². The van der Waals surface area contributed by atoms with Crippen molar-refractivity contribution in [1.29, 1.82) is 0 Å². The van der Waals surface area contributed by atoms with Crippen LogP contribution in [0.2, 0.25) is 0 Å². The molecule has 2 heterocycles. The van der Waals surface area contributed by atoms with Gasteiger partial charge in [-0.2, -0.15) is 5.10 Å². The van der Waals surface area contributed by atoms with E-state index in [1.54, 1.807) is 4.68 Å². The minimum absolute atomic E-state index is 0.00373. The summed E-state index contributed by atoms with van der Waals surface area (Å²) >= 11 is 0. The number of hydrogen-bond acceptors (Lipinski definition) is 3. The van der Waals surface area contributed by atoms with Crippen molar-refractivity contribution < 1.29 is 4.79 Å². The number of carbonyl (C=O) groups excluding carboxylic acids is 1. The zero-order chi connectivity index (χ0) is 16.4. The number of carbonyl (C=O) groups is 1. The first-order chi connectivity index (χ1) is 11.6. The van der Waals surface area contributed by atoms with Gasteiger partial charge in [-0.15, -0.1) is 0 Å². The number of aromatic nitrogens is 2. The van der Waals surface area contributed by atoms with Gasteiger partial charge in [-0.3, -0.25) is 9.48 Å². The number of nitrogens with two attached hydrogens (primary N) is 1. The molecule has 24 heavy (non-hydrogen) atoms. The van der Waals surface area contributed by atoms with Crippen molar-refractivity contribution in [2.24, 2.45) is 24.6 Å². The van der Waals surface area contributed by atoms with E-state index in [2.05, 4.69) is 29.4 Å². The second kappa shape index (κ2) is 4.93. The molecule has 1 saturated carbocycles. The first kappa shape index (κ1) is 14.2. The van der Waals surface area contributed by atoms with Gasteiger partial charge in [0.15, 0.2) is 0 Å². The summed E-state index contributed by atoms with van der Waals surface area (Å²) in [5, 5.41) is 4.24. The van der Waals surface area contributed by atoms with Gasteiger partial charge in [0.2, 0.25) is 5.91 Å². The molecular weight excluding hydrogens is 300 g/mol. The fraction of sp³-hybridized carbons (Fsp3) is 0.474. The molecule has 0 bridgehead atoms. The lowest BCUT2D eigenvalue weighted by Crippen LogP contribution is -2.34. The van der Waals surface area contributed by atoms with Crippen LogP contribution in [0.15, 0.2) is 36.7 Å². The van der Waals surface area contributed by atoms with Crippen molar-refractivity contribution in [2.45, 2.75) is 24.3 Å². The Labute approximate surface area is 141 Å². The maximum absolute atomic E-state index is 13.0. The molecule has 1 aromatic heterocycles. The van der Waals surface area contributed by atoms with Crippen LogP contribution in [-0.4, -0.2) is 39.7 Å². The van der Waals surface area contributed by atoms with Gasteiger partial charge in [-0.25, -0.2) is 0 Å². The molecule has 5 nitrogen and oxygen atoms in total. The molecule has 5 rings (SSSR count). The summed E-state index contributed by atoms with van der Waals surface area (Å²) in [5.74, 6) is 1.65. The number of benzene rings is 1. The molecule has 2 N–H and O–H groups in total. The molecule has 2 aromatic rings. The van der Waals surface area contributed by atoms with E-state index in [1.165, 1.54) is 11.1 Å².